The number of hydrogen-bond acceptors (Lipinski definition) is 4. The summed E-state index contributed by atoms with van der Waals surface area (Å²) in [5.74, 6) is 2.64. The average molecular weight is 499 g/mol. The van der Waals surface area contributed by atoms with Crippen molar-refractivity contribution in [2.45, 2.75) is 70.1 Å². The molecule has 2 fully saturated rings. The second-order valence-electron chi connectivity index (χ2n) is 12.2. The largest absolute Gasteiger partial charge is 0.508 e. The third-order valence-electron chi connectivity index (χ3n) is 9.55. The Morgan fingerprint density at radius 2 is 2.11 bits per heavy atom. The van der Waals surface area contributed by atoms with E-state index in [2.05, 4.69) is 73.6 Å². The summed E-state index contributed by atoms with van der Waals surface area (Å²) >= 11 is 0. The summed E-state index contributed by atoms with van der Waals surface area (Å²) in [4.78, 5) is 5.31. The lowest BCUT2D eigenvalue weighted by molar-refractivity contribution is -0.0857. The number of rotatable bonds is 8. The van der Waals surface area contributed by atoms with Crippen LogP contribution in [0.1, 0.15) is 55.4 Å². The highest BCUT2D eigenvalue weighted by Crippen LogP contribution is 2.63. The normalized spacial score (nSPS) is 30.1. The standard InChI is InChI=1S/C33H42N2O2/c1-5-16-34-18-15-33-26-11-12-27(32(33)37-30-14-13-29(36)25(31(30)33)20-28(26)34)35(21-22(2)3)17-7-10-24-9-6-8-23(4)19-24/h5-10,13-14,19,22,26-28,32,36H,1,11-12,15-18,20-21H2,2-4H3/t26-,27-,28+,32-,33-/m0/s1. The topological polar surface area (TPSA) is 35.9 Å². The van der Waals surface area contributed by atoms with Crippen molar-refractivity contribution in [2.75, 3.05) is 26.2 Å². The van der Waals surface area contributed by atoms with E-state index in [0.717, 1.165) is 56.8 Å². The lowest BCUT2D eigenvalue weighted by Crippen LogP contribution is -2.69. The molecule has 0 radical (unpaired) electrons. The van der Waals surface area contributed by atoms with Crippen molar-refractivity contribution in [3.8, 4) is 11.5 Å². The lowest BCUT2D eigenvalue weighted by Gasteiger charge is -2.60. The minimum Gasteiger partial charge on any atom is -0.508 e. The number of aromatic hydroxyl groups is 1. The molecule has 2 aliphatic heterocycles. The molecule has 2 aromatic rings. The molecule has 4 nitrogen and oxygen atoms in total. The van der Waals surface area contributed by atoms with Crippen molar-refractivity contribution < 1.29 is 9.84 Å². The van der Waals surface area contributed by atoms with E-state index in [0.29, 0.717) is 29.7 Å². The SMILES string of the molecule is C=CCN1CC[C@@]23c4c5ccc(O)c4C[C@@H]1[C@@H]2CC[C@H](N(CC=Cc1cccc(C)c1)CC(C)C)[C@@H]3O5. The second-order valence-corrected chi connectivity index (χ2v) is 12.2. The molecule has 37 heavy (non-hydrogen) atoms. The van der Waals surface area contributed by atoms with Gasteiger partial charge in [-0.15, -0.1) is 6.58 Å². The maximum atomic E-state index is 11.0. The number of hydrogen-bond donors (Lipinski definition) is 1. The molecule has 4 heteroatoms. The van der Waals surface area contributed by atoms with Gasteiger partial charge in [-0.3, -0.25) is 9.80 Å². The highest BCUT2D eigenvalue weighted by atomic mass is 16.5. The van der Waals surface area contributed by atoms with Gasteiger partial charge in [-0.2, -0.15) is 0 Å². The van der Waals surface area contributed by atoms with Crippen LogP contribution in [0.25, 0.3) is 6.08 Å². The molecular formula is C33H42N2O2. The van der Waals surface area contributed by atoms with Crippen molar-refractivity contribution >= 4 is 6.08 Å². The monoisotopic (exact) mass is 498 g/mol. The summed E-state index contributed by atoms with van der Waals surface area (Å²) in [5.41, 5.74) is 5.06. The predicted molar refractivity (Wildman–Crippen MR) is 151 cm³/mol. The van der Waals surface area contributed by atoms with Gasteiger partial charge in [-0.25, -0.2) is 0 Å². The molecule has 0 amide bonds. The molecule has 1 saturated heterocycles. The molecule has 2 bridgehead atoms. The quantitative estimate of drug-likeness (QED) is 0.455. The van der Waals surface area contributed by atoms with Gasteiger partial charge in [0.15, 0.2) is 0 Å². The summed E-state index contributed by atoms with van der Waals surface area (Å²) in [6.07, 6.45) is 11.2. The molecule has 2 aromatic carbocycles. The van der Waals surface area contributed by atoms with Crippen LogP contribution in [0.3, 0.4) is 0 Å². The summed E-state index contributed by atoms with van der Waals surface area (Å²) in [7, 11) is 0. The first-order valence-electron chi connectivity index (χ1n) is 14.3. The Labute approximate surface area is 222 Å². The van der Waals surface area contributed by atoms with Crippen LogP contribution >= 0.6 is 0 Å². The third kappa shape index (κ3) is 4.04. The molecule has 2 heterocycles. The first-order valence-corrected chi connectivity index (χ1v) is 14.3. The van der Waals surface area contributed by atoms with E-state index in [1.54, 1.807) is 0 Å². The Morgan fingerprint density at radius 1 is 1.24 bits per heavy atom. The number of aryl methyl sites for hydroxylation is 1. The first kappa shape index (κ1) is 24.8. The highest BCUT2D eigenvalue weighted by molar-refractivity contribution is 5.59. The van der Waals surface area contributed by atoms with Gasteiger partial charge in [0, 0.05) is 48.3 Å². The summed E-state index contributed by atoms with van der Waals surface area (Å²) in [6, 6.07) is 13.4. The number of likely N-dealkylation sites (tertiary alicyclic amines) is 1. The number of benzene rings is 2. The van der Waals surface area contributed by atoms with Gasteiger partial charge in [0.05, 0.1) is 0 Å². The van der Waals surface area contributed by atoms with Crippen LogP contribution in [0.2, 0.25) is 0 Å². The van der Waals surface area contributed by atoms with E-state index in [1.165, 1.54) is 23.1 Å². The predicted octanol–water partition coefficient (Wildman–Crippen LogP) is 5.97. The number of ether oxygens (including phenoxy) is 1. The van der Waals surface area contributed by atoms with Crippen LogP contribution in [0.15, 0.2) is 55.1 Å². The Morgan fingerprint density at radius 3 is 2.89 bits per heavy atom. The van der Waals surface area contributed by atoms with Gasteiger partial charge in [-0.1, -0.05) is 61.9 Å². The fraction of sp³-hybridized carbons (Fsp3) is 0.515. The van der Waals surface area contributed by atoms with Crippen molar-refractivity contribution in [3.63, 3.8) is 0 Å². The van der Waals surface area contributed by atoms with Gasteiger partial charge in [0.1, 0.15) is 17.6 Å². The molecule has 1 N–H and O–H groups in total. The zero-order chi connectivity index (χ0) is 25.7. The average Bonchev–Trinajstić information content (AvgIpc) is 3.20. The maximum Gasteiger partial charge on any atom is 0.124 e. The van der Waals surface area contributed by atoms with Gasteiger partial charge in [0.2, 0.25) is 0 Å². The molecule has 1 saturated carbocycles. The summed E-state index contributed by atoms with van der Waals surface area (Å²) in [6.45, 7) is 14.8. The van der Waals surface area contributed by atoms with Crippen LogP contribution < -0.4 is 4.74 Å². The molecule has 196 valence electrons. The smallest absolute Gasteiger partial charge is 0.124 e. The van der Waals surface area contributed by atoms with Crippen LogP contribution in [-0.2, 0) is 11.8 Å². The van der Waals surface area contributed by atoms with Crippen LogP contribution in [0.5, 0.6) is 11.5 Å². The highest BCUT2D eigenvalue weighted by Gasteiger charge is 2.66. The van der Waals surface area contributed by atoms with Gasteiger partial charge < -0.3 is 9.84 Å². The van der Waals surface area contributed by atoms with Crippen molar-refractivity contribution in [3.05, 3.63) is 77.4 Å². The van der Waals surface area contributed by atoms with Crippen LogP contribution in [0, 0.1) is 18.8 Å². The minimum absolute atomic E-state index is 0.00238. The van der Waals surface area contributed by atoms with E-state index in [4.69, 9.17) is 4.74 Å². The Balaban J connectivity index is 1.35. The number of phenols is 1. The number of piperidine rings is 1. The van der Waals surface area contributed by atoms with E-state index in [1.807, 2.05) is 18.2 Å². The van der Waals surface area contributed by atoms with Crippen molar-refractivity contribution in [2.24, 2.45) is 11.8 Å². The zero-order valence-electron chi connectivity index (χ0n) is 22.7. The van der Waals surface area contributed by atoms with Crippen molar-refractivity contribution in [1.29, 1.82) is 0 Å². The van der Waals surface area contributed by atoms with Crippen LogP contribution in [-0.4, -0.2) is 59.3 Å². The number of phenolic OH excluding ortho intramolecular Hbond substituents is 1. The minimum atomic E-state index is 0.00238. The maximum absolute atomic E-state index is 11.0. The molecule has 4 aliphatic rings. The van der Waals surface area contributed by atoms with E-state index in [-0.39, 0.29) is 11.5 Å². The Bertz CT molecular complexity index is 1200. The molecule has 1 spiro atoms. The second kappa shape index (κ2) is 9.63. The molecule has 0 aromatic heterocycles. The molecule has 5 atom stereocenters. The third-order valence-corrected chi connectivity index (χ3v) is 9.55. The molecular weight excluding hydrogens is 456 g/mol. The molecule has 6 rings (SSSR count). The van der Waals surface area contributed by atoms with E-state index >= 15 is 0 Å². The van der Waals surface area contributed by atoms with Gasteiger partial charge in [0.25, 0.3) is 0 Å². The lowest BCUT2D eigenvalue weighted by atomic mass is 9.51. The number of nitrogens with zero attached hydrogens (tertiary/aromatic N) is 2. The summed E-state index contributed by atoms with van der Waals surface area (Å²) in [5, 5.41) is 11.0. The zero-order valence-corrected chi connectivity index (χ0v) is 22.7. The van der Waals surface area contributed by atoms with E-state index in [9.17, 15) is 5.11 Å². The fourth-order valence-corrected chi connectivity index (χ4v) is 8.29. The molecule has 2 aliphatic carbocycles. The van der Waals surface area contributed by atoms with Crippen molar-refractivity contribution in [1.82, 2.24) is 9.80 Å². The van der Waals surface area contributed by atoms with Gasteiger partial charge >= 0.3 is 0 Å². The van der Waals surface area contributed by atoms with Crippen LogP contribution in [0.4, 0.5) is 0 Å². The summed E-state index contributed by atoms with van der Waals surface area (Å²) < 4.78 is 6.97. The van der Waals surface area contributed by atoms with E-state index < -0.39 is 0 Å². The molecule has 0 unspecified atom stereocenters. The van der Waals surface area contributed by atoms with Gasteiger partial charge in [-0.05, 0) is 68.7 Å². The Kier molecular flexibility index (Phi) is 6.45. The fourth-order valence-electron chi connectivity index (χ4n) is 8.29. The first-order chi connectivity index (χ1) is 17.9. The Hall–Kier alpha value is -2.56.